The van der Waals surface area contributed by atoms with E-state index in [1.165, 1.54) is 0 Å². The minimum Gasteiger partial charge on any atom is -0.340 e. The standard InChI is InChI=1S/C30H42N4O.2C2H6.CH2O/c1-10-11-12-22(5)29-24(7)28(25(8)34(33-29)16-15-20(2)3)30(31-9)32-27-14-13-26(18-23(27)6)17-21(4)19-35;3*1-2/h10-14,18-21H,8,15-17H2,1-7,9H3,(H,31,32);2*1-2H3;1H2/b11-10-,22-12+;;;. The number of rotatable bonds is 10. The molecule has 1 N–H and O–H groups in total. The van der Waals surface area contributed by atoms with Gasteiger partial charge in [0, 0.05) is 30.8 Å². The molecule has 1 unspecified atom stereocenters. The molecule has 0 aliphatic carbocycles. The average Bonchev–Trinajstić information content (AvgIpc) is 2.98. The summed E-state index contributed by atoms with van der Waals surface area (Å²) in [5.74, 6) is 1.34. The van der Waals surface area contributed by atoms with Crippen molar-refractivity contribution in [3.8, 4) is 0 Å². The van der Waals surface area contributed by atoms with Crippen molar-refractivity contribution >= 4 is 30.3 Å². The third kappa shape index (κ3) is 12.7. The summed E-state index contributed by atoms with van der Waals surface area (Å²) < 4.78 is 0. The maximum atomic E-state index is 11.1. The number of carbonyl (C=O) groups excluding carboxylic acids is 2. The van der Waals surface area contributed by atoms with Crippen molar-refractivity contribution in [2.24, 2.45) is 21.9 Å². The second-order valence-electron chi connectivity index (χ2n) is 9.74. The van der Waals surface area contributed by atoms with Crippen LogP contribution in [-0.2, 0) is 16.0 Å². The smallest absolute Gasteiger partial charge is 0.134 e. The first kappa shape index (κ1) is 39.6. The van der Waals surface area contributed by atoms with Crippen LogP contribution in [-0.4, -0.2) is 43.2 Å². The zero-order chi connectivity index (χ0) is 32.1. The summed E-state index contributed by atoms with van der Waals surface area (Å²) in [6.45, 7) is 29.9. The number of benzene rings is 1. The van der Waals surface area contributed by atoms with E-state index in [1.54, 1.807) is 7.05 Å². The second kappa shape index (κ2) is 22.2. The molecule has 1 atom stereocenters. The number of aliphatic imine (C=N–C) groups is 1. The van der Waals surface area contributed by atoms with Crippen LogP contribution in [0.4, 0.5) is 5.69 Å². The van der Waals surface area contributed by atoms with E-state index in [-0.39, 0.29) is 5.92 Å². The maximum Gasteiger partial charge on any atom is 0.134 e. The molecule has 0 bridgehead atoms. The minimum absolute atomic E-state index is 0.00715. The molecule has 6 nitrogen and oxygen atoms in total. The number of carbonyl (C=O) groups is 2. The van der Waals surface area contributed by atoms with Gasteiger partial charge in [-0.25, -0.2) is 0 Å². The monoisotopic (exact) mass is 564 g/mol. The molecule has 0 saturated carbocycles. The van der Waals surface area contributed by atoms with E-state index < -0.39 is 0 Å². The number of hydrazone groups is 1. The summed E-state index contributed by atoms with van der Waals surface area (Å²) in [7, 11) is 1.80. The molecule has 0 saturated heterocycles. The Labute approximate surface area is 251 Å². The fourth-order valence-electron chi connectivity index (χ4n) is 4.06. The quantitative estimate of drug-likeness (QED) is 0.133. The number of nitrogens with zero attached hydrogens (tertiary/aromatic N) is 3. The predicted octanol–water partition coefficient (Wildman–Crippen LogP) is 8.75. The molecule has 0 radical (unpaired) electrons. The number of amidine groups is 1. The van der Waals surface area contributed by atoms with Gasteiger partial charge in [0.2, 0.25) is 0 Å². The van der Waals surface area contributed by atoms with Crippen LogP contribution >= 0.6 is 0 Å². The maximum absolute atomic E-state index is 11.1. The molecule has 1 aromatic rings. The molecule has 0 spiro atoms. The summed E-state index contributed by atoms with van der Waals surface area (Å²) >= 11 is 0. The molecular formula is C35H56N4O2. The van der Waals surface area contributed by atoms with Gasteiger partial charge in [-0.05, 0) is 74.8 Å². The van der Waals surface area contributed by atoms with Crippen LogP contribution in [0.5, 0.6) is 0 Å². The van der Waals surface area contributed by atoms with Crippen molar-refractivity contribution in [3.63, 3.8) is 0 Å². The van der Waals surface area contributed by atoms with Crippen LogP contribution in [0.25, 0.3) is 0 Å². The highest BCUT2D eigenvalue weighted by molar-refractivity contribution is 6.21. The highest BCUT2D eigenvalue weighted by atomic mass is 16.1. The molecule has 228 valence electrons. The largest absolute Gasteiger partial charge is 0.340 e. The van der Waals surface area contributed by atoms with Gasteiger partial charge in [0.05, 0.1) is 11.4 Å². The van der Waals surface area contributed by atoms with Crippen molar-refractivity contribution in [2.45, 2.75) is 89.0 Å². The highest BCUT2D eigenvalue weighted by Gasteiger charge is 2.27. The minimum atomic E-state index is 0.00715. The van der Waals surface area contributed by atoms with Crippen LogP contribution < -0.4 is 5.32 Å². The lowest BCUT2D eigenvalue weighted by molar-refractivity contribution is -0.110. The Bertz CT molecular complexity index is 1110. The van der Waals surface area contributed by atoms with Gasteiger partial charge in [0.25, 0.3) is 0 Å². The van der Waals surface area contributed by atoms with Gasteiger partial charge in [0.1, 0.15) is 18.9 Å². The zero-order valence-corrected chi connectivity index (χ0v) is 27.9. The normalized spacial score (nSPS) is 14.3. The van der Waals surface area contributed by atoms with Gasteiger partial charge in [-0.15, -0.1) is 0 Å². The molecule has 0 amide bonds. The van der Waals surface area contributed by atoms with Crippen molar-refractivity contribution < 1.29 is 9.59 Å². The number of hydrogen-bond donors (Lipinski definition) is 1. The van der Waals surface area contributed by atoms with Crippen molar-refractivity contribution in [1.82, 2.24) is 5.01 Å². The number of aryl methyl sites for hydroxylation is 1. The molecule has 41 heavy (non-hydrogen) atoms. The first-order valence-electron chi connectivity index (χ1n) is 14.8. The molecule has 0 fully saturated rings. The molecule has 0 aromatic heterocycles. The van der Waals surface area contributed by atoms with E-state index in [0.717, 1.165) is 76.5 Å². The van der Waals surface area contributed by atoms with Gasteiger partial charge >= 0.3 is 0 Å². The van der Waals surface area contributed by atoms with E-state index in [0.29, 0.717) is 5.92 Å². The summed E-state index contributed by atoms with van der Waals surface area (Å²) in [5.41, 5.74) is 8.18. The Kier molecular flexibility index (Phi) is 21.4. The number of aldehydes is 1. The van der Waals surface area contributed by atoms with E-state index in [2.05, 4.69) is 75.8 Å². The number of anilines is 1. The first-order chi connectivity index (χ1) is 19.6. The molecule has 1 heterocycles. The van der Waals surface area contributed by atoms with Crippen LogP contribution in [0.2, 0.25) is 0 Å². The molecule has 2 rings (SSSR count). The SMILES string of the molecule is C=C1C(C(=NC)Nc2ccc(CC(C)C=O)cc2C)=C(C)C(/C(C)=C/C=C\C)=NN1CCC(C)C.C=O.CC.CC. The van der Waals surface area contributed by atoms with E-state index in [9.17, 15) is 4.79 Å². The average molecular weight is 565 g/mol. The summed E-state index contributed by atoms with van der Waals surface area (Å²) in [6, 6.07) is 6.28. The van der Waals surface area contributed by atoms with Crippen LogP contribution in [0.3, 0.4) is 0 Å². The Morgan fingerprint density at radius 3 is 2.22 bits per heavy atom. The topological polar surface area (TPSA) is 74.1 Å². The highest BCUT2D eigenvalue weighted by Crippen LogP contribution is 2.30. The van der Waals surface area contributed by atoms with Crippen molar-refractivity contribution in [1.29, 1.82) is 0 Å². The molecule has 1 aliphatic rings. The Balaban J connectivity index is 0. The van der Waals surface area contributed by atoms with Crippen LogP contribution in [0, 0.1) is 18.8 Å². The summed E-state index contributed by atoms with van der Waals surface area (Å²) in [6.07, 6.45) is 8.91. The van der Waals surface area contributed by atoms with E-state index in [1.807, 2.05) is 65.5 Å². The predicted molar refractivity (Wildman–Crippen MR) is 181 cm³/mol. The second-order valence-corrected chi connectivity index (χ2v) is 9.74. The zero-order valence-electron chi connectivity index (χ0n) is 27.9. The van der Waals surface area contributed by atoms with E-state index >= 15 is 0 Å². The van der Waals surface area contributed by atoms with E-state index in [4.69, 9.17) is 9.90 Å². The lowest BCUT2D eigenvalue weighted by atomic mass is 9.94. The fraction of sp³-hybridized carbons (Fsp3) is 0.486. The molecule has 1 aliphatic heterocycles. The molecular weight excluding hydrogens is 508 g/mol. The lowest BCUT2D eigenvalue weighted by Crippen LogP contribution is -2.32. The van der Waals surface area contributed by atoms with Gasteiger partial charge < -0.3 is 14.9 Å². The summed E-state index contributed by atoms with van der Waals surface area (Å²) in [4.78, 5) is 23.7. The van der Waals surface area contributed by atoms with Gasteiger partial charge in [0.15, 0.2) is 0 Å². The number of hydrogen-bond acceptors (Lipinski definition) is 5. The first-order valence-corrected chi connectivity index (χ1v) is 14.8. The van der Waals surface area contributed by atoms with Gasteiger partial charge in [-0.1, -0.05) is 85.4 Å². The Morgan fingerprint density at radius 2 is 1.73 bits per heavy atom. The molecule has 1 aromatic carbocycles. The summed E-state index contributed by atoms with van der Waals surface area (Å²) in [5, 5.41) is 10.6. The third-order valence-electron chi connectivity index (χ3n) is 6.18. The number of nitrogens with one attached hydrogen (secondary N) is 1. The van der Waals surface area contributed by atoms with Crippen LogP contribution in [0.1, 0.15) is 86.8 Å². The fourth-order valence-corrected chi connectivity index (χ4v) is 4.06. The van der Waals surface area contributed by atoms with Gasteiger partial charge in [-0.2, -0.15) is 5.10 Å². The molecule has 6 heteroatoms. The Hall–Kier alpha value is -3.54. The Morgan fingerprint density at radius 1 is 1.12 bits per heavy atom. The number of allylic oxidation sites excluding steroid dienone is 5. The third-order valence-corrected chi connectivity index (χ3v) is 6.18. The van der Waals surface area contributed by atoms with Gasteiger partial charge in [-0.3, -0.25) is 10.0 Å². The lowest BCUT2D eigenvalue weighted by Gasteiger charge is -2.32. The van der Waals surface area contributed by atoms with Crippen molar-refractivity contribution in [3.05, 3.63) is 76.5 Å². The van der Waals surface area contributed by atoms with Crippen LogP contribution in [0.15, 0.2) is 75.5 Å². The van der Waals surface area contributed by atoms with Crippen molar-refractivity contribution in [2.75, 3.05) is 18.9 Å².